The molecule has 0 spiro atoms. The molecule has 3 amide bonds. The maximum atomic E-state index is 12.3. The van der Waals surface area contributed by atoms with Crippen LogP contribution in [0.2, 0.25) is 0 Å². The third-order valence-corrected chi connectivity index (χ3v) is 5.34. The van der Waals surface area contributed by atoms with E-state index in [0.29, 0.717) is 37.3 Å². The van der Waals surface area contributed by atoms with Gasteiger partial charge in [-0.15, -0.1) is 0 Å². The molecule has 0 aromatic heterocycles. The lowest BCUT2D eigenvalue weighted by atomic mass is 10.2. The Labute approximate surface area is 179 Å². The summed E-state index contributed by atoms with van der Waals surface area (Å²) in [5.41, 5.74) is 2.27. The van der Waals surface area contributed by atoms with E-state index in [1.54, 1.807) is 58.3 Å². The summed E-state index contributed by atoms with van der Waals surface area (Å²) in [6.07, 6.45) is 2.70. The van der Waals surface area contributed by atoms with Gasteiger partial charge in [0.15, 0.2) is 6.61 Å². The number of hydrogen-bond acceptors (Lipinski definition) is 5. The van der Waals surface area contributed by atoms with Crippen molar-refractivity contribution >= 4 is 40.8 Å². The molecule has 2 saturated heterocycles. The quantitative estimate of drug-likeness (QED) is 0.724. The summed E-state index contributed by atoms with van der Waals surface area (Å²) in [4.78, 5) is 51.5. The molecule has 2 aliphatic heterocycles. The van der Waals surface area contributed by atoms with Crippen LogP contribution in [0.1, 0.15) is 36.0 Å². The van der Waals surface area contributed by atoms with E-state index < -0.39 is 18.5 Å². The van der Waals surface area contributed by atoms with Crippen LogP contribution >= 0.6 is 0 Å². The van der Waals surface area contributed by atoms with Gasteiger partial charge in [0.25, 0.3) is 5.91 Å². The molecule has 0 atom stereocenters. The number of amides is 3. The molecule has 2 aliphatic rings. The number of esters is 1. The molecule has 1 N–H and O–H groups in total. The van der Waals surface area contributed by atoms with Crippen molar-refractivity contribution in [3.05, 3.63) is 54.1 Å². The minimum atomic E-state index is -0.633. The SMILES string of the molecule is O=C(COC(=O)c1cccc(N2CCCC2=O)c1)Nc1ccc(N2CCCC2=O)cc1. The van der Waals surface area contributed by atoms with Gasteiger partial charge in [-0.2, -0.15) is 0 Å². The van der Waals surface area contributed by atoms with Gasteiger partial charge in [0.05, 0.1) is 5.56 Å². The number of ether oxygens (including phenoxy) is 1. The molecule has 0 saturated carbocycles. The van der Waals surface area contributed by atoms with E-state index in [4.69, 9.17) is 4.74 Å². The summed E-state index contributed by atoms with van der Waals surface area (Å²) in [5.74, 6) is -0.970. The second-order valence-electron chi connectivity index (χ2n) is 7.52. The third kappa shape index (κ3) is 4.74. The maximum absolute atomic E-state index is 12.3. The molecule has 0 unspecified atom stereocenters. The number of carbonyl (C=O) groups is 4. The van der Waals surface area contributed by atoms with Gasteiger partial charge >= 0.3 is 5.97 Å². The fourth-order valence-corrected chi connectivity index (χ4v) is 3.78. The van der Waals surface area contributed by atoms with E-state index in [1.165, 1.54) is 0 Å². The van der Waals surface area contributed by atoms with Crippen LogP contribution in [0.15, 0.2) is 48.5 Å². The van der Waals surface area contributed by atoms with Crippen LogP contribution in [0.5, 0.6) is 0 Å². The van der Waals surface area contributed by atoms with Crippen molar-refractivity contribution in [2.24, 2.45) is 0 Å². The van der Waals surface area contributed by atoms with Gasteiger partial charge in [0.1, 0.15) is 0 Å². The molecule has 0 aliphatic carbocycles. The number of carbonyl (C=O) groups excluding carboxylic acids is 4. The Morgan fingerprint density at radius 1 is 0.871 bits per heavy atom. The third-order valence-electron chi connectivity index (χ3n) is 5.34. The summed E-state index contributed by atoms with van der Waals surface area (Å²) in [6.45, 7) is 0.899. The lowest BCUT2D eigenvalue weighted by molar-refractivity contribution is -0.119. The van der Waals surface area contributed by atoms with E-state index >= 15 is 0 Å². The Morgan fingerprint density at radius 2 is 1.52 bits per heavy atom. The summed E-state index contributed by atoms with van der Waals surface area (Å²) in [5, 5.41) is 2.67. The number of nitrogens with zero attached hydrogens (tertiary/aromatic N) is 2. The molecule has 2 aromatic rings. The first kappa shape index (κ1) is 20.6. The predicted molar refractivity (Wildman–Crippen MR) is 115 cm³/mol. The van der Waals surface area contributed by atoms with Crippen LogP contribution in [-0.2, 0) is 19.1 Å². The minimum Gasteiger partial charge on any atom is -0.452 e. The zero-order valence-corrected chi connectivity index (χ0v) is 17.0. The van der Waals surface area contributed by atoms with Gasteiger partial charge < -0.3 is 19.9 Å². The van der Waals surface area contributed by atoms with Crippen LogP contribution < -0.4 is 15.1 Å². The highest BCUT2D eigenvalue weighted by Crippen LogP contribution is 2.24. The number of rotatable bonds is 6. The molecule has 8 nitrogen and oxygen atoms in total. The minimum absolute atomic E-state index is 0.0324. The Kier molecular flexibility index (Phi) is 5.97. The van der Waals surface area contributed by atoms with Gasteiger partial charge in [-0.25, -0.2) is 4.79 Å². The predicted octanol–water partition coefficient (Wildman–Crippen LogP) is 2.74. The van der Waals surface area contributed by atoms with Crippen molar-refractivity contribution < 1.29 is 23.9 Å². The smallest absolute Gasteiger partial charge is 0.338 e. The topological polar surface area (TPSA) is 96.0 Å². The van der Waals surface area contributed by atoms with Crippen molar-refractivity contribution in [2.45, 2.75) is 25.7 Å². The number of anilines is 3. The number of hydrogen-bond donors (Lipinski definition) is 1. The van der Waals surface area contributed by atoms with Crippen molar-refractivity contribution in [1.82, 2.24) is 0 Å². The van der Waals surface area contributed by atoms with Crippen LogP contribution in [0.4, 0.5) is 17.1 Å². The van der Waals surface area contributed by atoms with Crippen LogP contribution in [0, 0.1) is 0 Å². The molecule has 2 fully saturated rings. The summed E-state index contributed by atoms with van der Waals surface area (Å²) in [6, 6.07) is 13.6. The molecule has 2 aromatic carbocycles. The van der Waals surface area contributed by atoms with Gasteiger partial charge in [-0.05, 0) is 55.3 Å². The normalized spacial score (nSPS) is 16.0. The van der Waals surface area contributed by atoms with Crippen molar-refractivity contribution in [1.29, 1.82) is 0 Å². The zero-order chi connectivity index (χ0) is 21.8. The molecule has 8 heteroatoms. The van der Waals surface area contributed by atoms with Crippen molar-refractivity contribution in [3.8, 4) is 0 Å². The average molecular weight is 421 g/mol. The number of benzene rings is 2. The molecule has 0 radical (unpaired) electrons. The largest absolute Gasteiger partial charge is 0.452 e. The van der Waals surface area contributed by atoms with Crippen molar-refractivity contribution in [2.75, 3.05) is 34.8 Å². The van der Waals surface area contributed by atoms with Gasteiger partial charge in [0, 0.05) is 43.0 Å². The lowest BCUT2D eigenvalue weighted by Gasteiger charge is -2.16. The van der Waals surface area contributed by atoms with Gasteiger partial charge in [-0.3, -0.25) is 14.4 Å². The first-order valence-electron chi connectivity index (χ1n) is 10.3. The average Bonchev–Trinajstić information content (AvgIpc) is 3.40. The van der Waals surface area contributed by atoms with Crippen LogP contribution in [0.3, 0.4) is 0 Å². The summed E-state index contributed by atoms with van der Waals surface area (Å²) < 4.78 is 5.12. The monoisotopic (exact) mass is 421 g/mol. The highest BCUT2D eigenvalue weighted by atomic mass is 16.5. The molecule has 2 heterocycles. The van der Waals surface area contributed by atoms with Crippen LogP contribution in [-0.4, -0.2) is 43.4 Å². The second kappa shape index (κ2) is 8.99. The van der Waals surface area contributed by atoms with E-state index in [2.05, 4.69) is 5.32 Å². The highest BCUT2D eigenvalue weighted by molar-refractivity contribution is 5.99. The number of nitrogens with one attached hydrogen (secondary N) is 1. The Morgan fingerprint density at radius 3 is 2.13 bits per heavy atom. The first-order valence-corrected chi connectivity index (χ1v) is 10.3. The van der Waals surface area contributed by atoms with E-state index in [-0.39, 0.29) is 17.4 Å². The first-order chi connectivity index (χ1) is 15.0. The van der Waals surface area contributed by atoms with Crippen molar-refractivity contribution in [3.63, 3.8) is 0 Å². The fourth-order valence-electron chi connectivity index (χ4n) is 3.78. The Bertz CT molecular complexity index is 1020. The highest BCUT2D eigenvalue weighted by Gasteiger charge is 2.23. The van der Waals surface area contributed by atoms with E-state index in [0.717, 1.165) is 18.5 Å². The second-order valence-corrected chi connectivity index (χ2v) is 7.52. The summed E-state index contributed by atoms with van der Waals surface area (Å²) >= 11 is 0. The lowest BCUT2D eigenvalue weighted by Crippen LogP contribution is -2.24. The standard InChI is InChI=1S/C23H23N3O5/c27-20(24-17-8-10-18(11-9-17)25-12-2-6-21(25)28)15-31-23(30)16-4-1-5-19(14-16)26-13-3-7-22(26)29/h1,4-5,8-11,14H,2-3,6-7,12-13,15H2,(H,24,27). The molecule has 4 rings (SSSR count). The van der Waals surface area contributed by atoms with E-state index in [9.17, 15) is 19.2 Å². The Balaban J connectivity index is 1.30. The molecular formula is C23H23N3O5. The molecular weight excluding hydrogens is 398 g/mol. The maximum Gasteiger partial charge on any atom is 0.338 e. The molecule has 160 valence electrons. The Hall–Kier alpha value is -3.68. The fraction of sp³-hybridized carbons (Fsp3) is 0.304. The van der Waals surface area contributed by atoms with Gasteiger partial charge in [-0.1, -0.05) is 6.07 Å². The molecule has 31 heavy (non-hydrogen) atoms. The van der Waals surface area contributed by atoms with Gasteiger partial charge in [0.2, 0.25) is 11.8 Å². The zero-order valence-electron chi connectivity index (χ0n) is 17.0. The molecule has 0 bridgehead atoms. The van der Waals surface area contributed by atoms with E-state index in [1.807, 2.05) is 0 Å². The van der Waals surface area contributed by atoms with Crippen LogP contribution in [0.25, 0.3) is 0 Å². The summed E-state index contributed by atoms with van der Waals surface area (Å²) in [7, 11) is 0.